The SMILES string of the molecule is Cn1c(SC(c2ccccc2)C2CC2(Cl)Cl)nnc1-c1ccc([N+](=O)[O-])cc1. The standard InChI is InChI=1S/C19H16Cl2N4O2S/c1-24-17(13-7-9-14(10-8-13)25(26)27)22-23-18(24)28-16(15-11-19(15,20)21)12-5-3-2-4-6-12/h2-10,15-16H,11H2,1H3. The average Bonchev–Trinajstić information content (AvgIpc) is 3.16. The number of nitro groups is 1. The summed E-state index contributed by atoms with van der Waals surface area (Å²) in [6.07, 6.45) is 0.732. The molecule has 0 aliphatic heterocycles. The quantitative estimate of drug-likeness (QED) is 0.224. The van der Waals surface area contributed by atoms with Gasteiger partial charge in [-0.05, 0) is 24.1 Å². The summed E-state index contributed by atoms with van der Waals surface area (Å²) >= 11 is 14.3. The molecule has 0 spiro atoms. The number of hydrogen-bond donors (Lipinski definition) is 0. The van der Waals surface area contributed by atoms with Crippen molar-refractivity contribution in [1.29, 1.82) is 0 Å². The number of thioether (sulfide) groups is 1. The predicted molar refractivity (Wildman–Crippen MR) is 111 cm³/mol. The molecule has 1 aliphatic rings. The molecule has 1 aromatic heterocycles. The highest BCUT2D eigenvalue weighted by Gasteiger charge is 2.56. The van der Waals surface area contributed by atoms with E-state index in [1.54, 1.807) is 23.9 Å². The molecule has 2 atom stereocenters. The third-order valence-electron chi connectivity index (χ3n) is 4.77. The van der Waals surface area contributed by atoms with Crippen molar-refractivity contribution in [1.82, 2.24) is 14.8 Å². The minimum absolute atomic E-state index is 0.0407. The maximum absolute atomic E-state index is 10.8. The van der Waals surface area contributed by atoms with Gasteiger partial charge in [-0.25, -0.2) is 0 Å². The van der Waals surface area contributed by atoms with Crippen molar-refractivity contribution in [2.24, 2.45) is 13.0 Å². The number of halogens is 2. The highest BCUT2D eigenvalue weighted by atomic mass is 35.5. The number of hydrogen-bond acceptors (Lipinski definition) is 5. The molecule has 0 radical (unpaired) electrons. The van der Waals surface area contributed by atoms with Crippen molar-refractivity contribution < 1.29 is 4.92 Å². The van der Waals surface area contributed by atoms with Crippen LogP contribution in [-0.2, 0) is 7.05 Å². The molecule has 0 saturated heterocycles. The van der Waals surface area contributed by atoms with E-state index in [1.165, 1.54) is 12.1 Å². The summed E-state index contributed by atoms with van der Waals surface area (Å²) in [6.45, 7) is 0. The summed E-state index contributed by atoms with van der Waals surface area (Å²) in [4.78, 5) is 10.4. The van der Waals surface area contributed by atoms with E-state index < -0.39 is 9.26 Å². The van der Waals surface area contributed by atoms with Gasteiger partial charge < -0.3 is 4.57 Å². The van der Waals surface area contributed by atoms with Crippen molar-refractivity contribution in [2.75, 3.05) is 0 Å². The smallest absolute Gasteiger partial charge is 0.269 e. The summed E-state index contributed by atoms with van der Waals surface area (Å²) in [7, 11) is 1.88. The van der Waals surface area contributed by atoms with E-state index in [2.05, 4.69) is 22.3 Å². The van der Waals surface area contributed by atoms with Crippen molar-refractivity contribution in [3.63, 3.8) is 0 Å². The first kappa shape index (κ1) is 19.2. The lowest BCUT2D eigenvalue weighted by Crippen LogP contribution is -2.04. The minimum Gasteiger partial charge on any atom is -0.305 e. The molecule has 9 heteroatoms. The summed E-state index contributed by atoms with van der Waals surface area (Å²) in [5.41, 5.74) is 1.94. The first-order chi connectivity index (χ1) is 13.4. The first-order valence-corrected chi connectivity index (χ1v) is 10.2. The Balaban J connectivity index is 1.62. The minimum atomic E-state index is -0.715. The van der Waals surface area contributed by atoms with Gasteiger partial charge in [0.2, 0.25) is 0 Å². The molecular weight excluding hydrogens is 419 g/mol. The largest absolute Gasteiger partial charge is 0.305 e. The van der Waals surface area contributed by atoms with E-state index in [0.29, 0.717) is 5.82 Å². The monoisotopic (exact) mass is 434 g/mol. The molecule has 1 heterocycles. The molecule has 3 aromatic rings. The van der Waals surface area contributed by atoms with Crippen LogP contribution in [0.15, 0.2) is 59.8 Å². The van der Waals surface area contributed by atoms with Crippen molar-refractivity contribution in [2.45, 2.75) is 21.2 Å². The fourth-order valence-corrected chi connectivity index (χ4v) is 5.18. The molecular formula is C19H16Cl2N4O2S. The van der Waals surface area contributed by atoms with Crippen molar-refractivity contribution in [3.05, 3.63) is 70.3 Å². The number of nitro benzene ring substituents is 1. The van der Waals surface area contributed by atoms with Crippen LogP contribution < -0.4 is 0 Å². The van der Waals surface area contributed by atoms with E-state index in [0.717, 1.165) is 22.7 Å². The van der Waals surface area contributed by atoms with Crippen molar-refractivity contribution in [3.8, 4) is 11.4 Å². The maximum atomic E-state index is 10.8. The third-order valence-corrected chi connectivity index (χ3v) is 7.06. The second-order valence-electron chi connectivity index (χ2n) is 6.69. The van der Waals surface area contributed by atoms with Gasteiger partial charge in [0.05, 0.1) is 4.92 Å². The topological polar surface area (TPSA) is 73.8 Å². The Morgan fingerprint density at radius 2 is 1.82 bits per heavy atom. The number of non-ortho nitro benzene ring substituents is 1. The highest BCUT2D eigenvalue weighted by molar-refractivity contribution is 7.99. The van der Waals surface area contributed by atoms with Gasteiger partial charge in [-0.3, -0.25) is 10.1 Å². The van der Waals surface area contributed by atoms with Gasteiger partial charge in [0.25, 0.3) is 5.69 Å². The number of benzene rings is 2. The third kappa shape index (κ3) is 3.74. The molecule has 2 aromatic carbocycles. The van der Waals surface area contributed by atoms with Crippen LogP contribution in [0, 0.1) is 16.0 Å². The van der Waals surface area contributed by atoms with Gasteiger partial charge in [0, 0.05) is 35.9 Å². The fourth-order valence-electron chi connectivity index (χ4n) is 3.10. The molecule has 0 N–H and O–H groups in total. The zero-order chi connectivity index (χ0) is 19.9. The van der Waals surface area contributed by atoms with Crippen LogP contribution in [0.5, 0.6) is 0 Å². The van der Waals surface area contributed by atoms with Crippen LogP contribution in [-0.4, -0.2) is 24.0 Å². The summed E-state index contributed by atoms with van der Waals surface area (Å²) in [6, 6.07) is 16.4. The molecule has 144 valence electrons. The molecule has 4 rings (SSSR count). The zero-order valence-corrected chi connectivity index (χ0v) is 17.2. The average molecular weight is 435 g/mol. The van der Waals surface area contributed by atoms with Gasteiger partial charge in [-0.1, -0.05) is 42.1 Å². The van der Waals surface area contributed by atoms with Gasteiger partial charge in [0.15, 0.2) is 11.0 Å². The molecule has 1 saturated carbocycles. The molecule has 0 bridgehead atoms. The van der Waals surface area contributed by atoms with E-state index in [1.807, 2.05) is 29.8 Å². The Morgan fingerprint density at radius 1 is 1.18 bits per heavy atom. The fraction of sp³-hybridized carbons (Fsp3) is 0.263. The Labute approximate surface area is 176 Å². The molecule has 6 nitrogen and oxygen atoms in total. The van der Waals surface area contributed by atoms with E-state index >= 15 is 0 Å². The molecule has 0 amide bonds. The van der Waals surface area contributed by atoms with Crippen LogP contribution in [0.3, 0.4) is 0 Å². The van der Waals surface area contributed by atoms with Gasteiger partial charge in [-0.2, -0.15) is 0 Å². The summed E-state index contributed by atoms with van der Waals surface area (Å²) < 4.78 is 1.17. The van der Waals surface area contributed by atoms with Crippen LogP contribution in [0.2, 0.25) is 0 Å². The van der Waals surface area contributed by atoms with E-state index in [4.69, 9.17) is 23.2 Å². The van der Waals surface area contributed by atoms with Crippen LogP contribution in [0.25, 0.3) is 11.4 Å². The zero-order valence-electron chi connectivity index (χ0n) is 14.8. The number of alkyl halides is 2. The van der Waals surface area contributed by atoms with Gasteiger partial charge in [-0.15, -0.1) is 33.4 Å². The second kappa shape index (κ2) is 7.39. The molecule has 1 fully saturated rings. The van der Waals surface area contributed by atoms with Gasteiger partial charge in [0.1, 0.15) is 4.33 Å². The highest BCUT2D eigenvalue weighted by Crippen LogP contribution is 2.63. The second-order valence-corrected chi connectivity index (χ2v) is 9.34. The Bertz CT molecular complexity index is 1010. The van der Waals surface area contributed by atoms with Crippen LogP contribution in [0.1, 0.15) is 17.2 Å². The molecule has 2 unspecified atom stereocenters. The number of nitrogens with zero attached hydrogens (tertiary/aromatic N) is 4. The number of rotatable bonds is 6. The maximum Gasteiger partial charge on any atom is 0.269 e. The Hall–Kier alpha value is -2.09. The summed E-state index contributed by atoms with van der Waals surface area (Å²) in [5.74, 6) is 0.769. The summed E-state index contributed by atoms with van der Waals surface area (Å²) in [5, 5.41) is 20.2. The molecule has 1 aliphatic carbocycles. The van der Waals surface area contributed by atoms with Gasteiger partial charge >= 0.3 is 0 Å². The van der Waals surface area contributed by atoms with E-state index in [-0.39, 0.29) is 16.9 Å². The number of aromatic nitrogens is 3. The lowest BCUT2D eigenvalue weighted by atomic mass is 10.1. The predicted octanol–water partition coefficient (Wildman–Crippen LogP) is 5.42. The van der Waals surface area contributed by atoms with Crippen LogP contribution in [0.4, 0.5) is 5.69 Å². The normalized spacial score (nSPS) is 18.6. The van der Waals surface area contributed by atoms with E-state index in [9.17, 15) is 10.1 Å². The lowest BCUT2D eigenvalue weighted by Gasteiger charge is -2.17. The molecule has 28 heavy (non-hydrogen) atoms. The lowest BCUT2D eigenvalue weighted by molar-refractivity contribution is -0.384. The Kier molecular flexibility index (Phi) is 5.07. The van der Waals surface area contributed by atoms with Crippen molar-refractivity contribution >= 4 is 40.7 Å². The first-order valence-electron chi connectivity index (χ1n) is 8.60. The Morgan fingerprint density at radius 3 is 2.39 bits per heavy atom. The van der Waals surface area contributed by atoms with Crippen LogP contribution >= 0.6 is 35.0 Å².